The van der Waals surface area contributed by atoms with Gasteiger partial charge in [0, 0.05) is 31.9 Å². The summed E-state index contributed by atoms with van der Waals surface area (Å²) in [4.78, 5) is 10.3. The number of methoxy groups -OCH3 is 1. The third kappa shape index (κ3) is 4.05. The minimum absolute atomic E-state index is 0.141. The van der Waals surface area contributed by atoms with E-state index >= 15 is 0 Å². The van der Waals surface area contributed by atoms with Crippen molar-refractivity contribution in [3.8, 4) is 5.75 Å². The highest BCUT2D eigenvalue weighted by Crippen LogP contribution is 2.42. The summed E-state index contributed by atoms with van der Waals surface area (Å²) >= 11 is 0. The van der Waals surface area contributed by atoms with Crippen LogP contribution in [-0.2, 0) is 19.5 Å². The summed E-state index contributed by atoms with van der Waals surface area (Å²) in [6, 6.07) is 23.8. The molecule has 3 aromatic rings. The molecule has 1 spiro atoms. The van der Waals surface area contributed by atoms with Gasteiger partial charge in [0.05, 0.1) is 12.6 Å². The maximum atomic E-state index is 5.36. The minimum Gasteiger partial charge on any atom is -0.497 e. The van der Waals surface area contributed by atoms with Crippen molar-refractivity contribution in [1.82, 2.24) is 9.88 Å². The van der Waals surface area contributed by atoms with Crippen molar-refractivity contribution in [2.45, 2.75) is 44.8 Å². The number of nitrogens with zero attached hydrogens (tertiary/aromatic N) is 3. The van der Waals surface area contributed by atoms with Gasteiger partial charge in [-0.1, -0.05) is 48.5 Å². The van der Waals surface area contributed by atoms with Gasteiger partial charge in [0.2, 0.25) is 0 Å². The van der Waals surface area contributed by atoms with Crippen molar-refractivity contribution in [2.24, 2.45) is 0 Å². The van der Waals surface area contributed by atoms with E-state index in [1.165, 1.54) is 35.3 Å². The van der Waals surface area contributed by atoms with Crippen LogP contribution >= 0.6 is 0 Å². The van der Waals surface area contributed by atoms with Gasteiger partial charge in [-0.2, -0.15) is 0 Å². The Hall–Kier alpha value is -2.85. The lowest BCUT2D eigenvalue weighted by molar-refractivity contribution is 0.280. The Morgan fingerprint density at radius 1 is 0.903 bits per heavy atom. The molecule has 0 amide bonds. The fourth-order valence-electron chi connectivity index (χ4n) is 5.23. The summed E-state index contributed by atoms with van der Waals surface area (Å²) in [7, 11) is 1.72. The molecule has 1 saturated heterocycles. The maximum absolute atomic E-state index is 5.36. The summed E-state index contributed by atoms with van der Waals surface area (Å²) < 4.78 is 5.36. The topological polar surface area (TPSA) is 28.6 Å². The molecule has 1 unspecified atom stereocenters. The third-order valence-electron chi connectivity index (χ3n) is 6.94. The lowest BCUT2D eigenvalue weighted by Gasteiger charge is -2.46. The Balaban J connectivity index is 1.45. The molecular formula is C27H31N3O. The Kier molecular flexibility index (Phi) is 5.41. The number of hydrogen-bond acceptors (Lipinski definition) is 4. The van der Waals surface area contributed by atoms with E-state index in [1.807, 2.05) is 0 Å². The van der Waals surface area contributed by atoms with Gasteiger partial charge in [-0.3, -0.25) is 4.90 Å². The molecule has 4 nitrogen and oxygen atoms in total. The Morgan fingerprint density at radius 3 is 2.45 bits per heavy atom. The first-order chi connectivity index (χ1) is 15.1. The smallest absolute Gasteiger partial charge is 0.132 e. The van der Waals surface area contributed by atoms with Crippen molar-refractivity contribution < 1.29 is 4.74 Å². The number of aryl methyl sites for hydroxylation is 2. The average Bonchev–Trinajstić information content (AvgIpc) is 3.20. The number of rotatable bonds is 5. The van der Waals surface area contributed by atoms with Crippen LogP contribution in [0.15, 0.2) is 66.7 Å². The molecule has 1 fully saturated rings. The second-order valence-corrected chi connectivity index (χ2v) is 9.04. The standard InChI is InChI=1S/C27H31N3O/c1-21-8-11-24-14-15-27(16-17-29(20-27)18-22-6-4-3-5-7-22)30(26(24)28-21)19-23-9-12-25(31-2)13-10-23/h3-13H,14-20H2,1-2H3. The molecule has 0 bridgehead atoms. The van der Waals surface area contributed by atoms with Crippen LogP contribution in [-0.4, -0.2) is 35.6 Å². The van der Waals surface area contributed by atoms with Crippen molar-refractivity contribution in [3.05, 3.63) is 89.1 Å². The largest absolute Gasteiger partial charge is 0.497 e. The van der Waals surface area contributed by atoms with Gasteiger partial charge in [0.1, 0.15) is 11.6 Å². The van der Waals surface area contributed by atoms with Gasteiger partial charge in [-0.05, 0) is 61.1 Å². The third-order valence-corrected chi connectivity index (χ3v) is 6.94. The highest BCUT2D eigenvalue weighted by Gasteiger charge is 2.46. The van der Waals surface area contributed by atoms with Gasteiger partial charge >= 0.3 is 0 Å². The maximum Gasteiger partial charge on any atom is 0.132 e. The van der Waals surface area contributed by atoms with Crippen LogP contribution in [0.25, 0.3) is 0 Å². The molecule has 160 valence electrons. The second-order valence-electron chi connectivity index (χ2n) is 9.04. The van der Waals surface area contributed by atoms with Crippen LogP contribution in [0, 0.1) is 6.92 Å². The van der Waals surface area contributed by atoms with E-state index in [2.05, 4.69) is 83.5 Å². The average molecular weight is 414 g/mol. The lowest BCUT2D eigenvalue weighted by atomic mass is 9.84. The molecule has 0 saturated carbocycles. The first-order valence-corrected chi connectivity index (χ1v) is 11.3. The summed E-state index contributed by atoms with van der Waals surface area (Å²) in [6.07, 6.45) is 3.48. The number of anilines is 1. The summed E-state index contributed by atoms with van der Waals surface area (Å²) in [6.45, 7) is 6.23. The molecule has 0 radical (unpaired) electrons. The SMILES string of the molecule is COc1ccc(CN2c3nc(C)ccc3CCC23CCN(Cc2ccccc2)C3)cc1. The monoisotopic (exact) mass is 413 g/mol. The minimum atomic E-state index is 0.141. The van der Waals surface area contributed by atoms with Gasteiger partial charge in [0.15, 0.2) is 0 Å². The molecule has 2 aliphatic rings. The molecule has 4 heteroatoms. The van der Waals surface area contributed by atoms with E-state index in [9.17, 15) is 0 Å². The Labute approximate surface area is 185 Å². The first kappa shape index (κ1) is 20.1. The van der Waals surface area contributed by atoms with Crippen LogP contribution in [0.3, 0.4) is 0 Å². The molecule has 5 rings (SSSR count). The van der Waals surface area contributed by atoms with Crippen LogP contribution in [0.5, 0.6) is 5.75 Å². The van der Waals surface area contributed by atoms with Crippen LogP contribution < -0.4 is 9.64 Å². The zero-order chi connectivity index (χ0) is 21.3. The summed E-state index contributed by atoms with van der Waals surface area (Å²) in [5.74, 6) is 2.09. The normalized spacial score (nSPS) is 20.8. The number of hydrogen-bond donors (Lipinski definition) is 0. The molecule has 1 aromatic heterocycles. The fourth-order valence-corrected chi connectivity index (χ4v) is 5.23. The zero-order valence-corrected chi connectivity index (χ0v) is 18.6. The molecular weight excluding hydrogens is 382 g/mol. The molecule has 2 aliphatic heterocycles. The van der Waals surface area contributed by atoms with Gasteiger partial charge in [-0.15, -0.1) is 0 Å². The molecule has 1 atom stereocenters. The number of fused-ring (bicyclic) bond motifs is 1. The predicted octanol–water partition coefficient (Wildman–Crippen LogP) is 5.00. The molecule has 2 aromatic carbocycles. The van der Waals surface area contributed by atoms with E-state index < -0.39 is 0 Å². The first-order valence-electron chi connectivity index (χ1n) is 11.3. The predicted molar refractivity (Wildman–Crippen MR) is 126 cm³/mol. The van der Waals surface area contributed by atoms with E-state index in [0.29, 0.717) is 0 Å². The highest BCUT2D eigenvalue weighted by molar-refractivity contribution is 5.54. The van der Waals surface area contributed by atoms with Crippen molar-refractivity contribution in [2.75, 3.05) is 25.1 Å². The van der Waals surface area contributed by atoms with E-state index in [0.717, 1.165) is 44.0 Å². The second kappa shape index (κ2) is 8.35. The molecule has 0 aliphatic carbocycles. The molecule has 3 heterocycles. The van der Waals surface area contributed by atoms with Crippen molar-refractivity contribution in [1.29, 1.82) is 0 Å². The number of likely N-dealkylation sites (tertiary alicyclic amines) is 1. The zero-order valence-electron chi connectivity index (χ0n) is 18.6. The van der Waals surface area contributed by atoms with Crippen LogP contribution in [0.1, 0.15) is 35.2 Å². The lowest BCUT2D eigenvalue weighted by Crippen LogP contribution is -2.53. The number of benzene rings is 2. The summed E-state index contributed by atoms with van der Waals surface area (Å²) in [5, 5.41) is 0. The number of pyridine rings is 1. The quantitative estimate of drug-likeness (QED) is 0.589. The van der Waals surface area contributed by atoms with Gasteiger partial charge in [-0.25, -0.2) is 4.98 Å². The van der Waals surface area contributed by atoms with Gasteiger partial charge in [0.25, 0.3) is 0 Å². The van der Waals surface area contributed by atoms with Crippen molar-refractivity contribution >= 4 is 5.82 Å². The Morgan fingerprint density at radius 2 is 1.68 bits per heavy atom. The van der Waals surface area contributed by atoms with Gasteiger partial charge < -0.3 is 9.64 Å². The Bertz CT molecular complexity index is 1030. The molecule has 31 heavy (non-hydrogen) atoms. The number of aromatic nitrogens is 1. The van der Waals surface area contributed by atoms with Crippen molar-refractivity contribution in [3.63, 3.8) is 0 Å². The van der Waals surface area contributed by atoms with E-state index in [4.69, 9.17) is 9.72 Å². The fraction of sp³-hybridized carbons (Fsp3) is 0.370. The molecule has 0 N–H and O–H groups in total. The highest BCUT2D eigenvalue weighted by atomic mass is 16.5. The van der Waals surface area contributed by atoms with E-state index in [1.54, 1.807) is 7.11 Å². The number of ether oxygens (including phenoxy) is 1. The summed E-state index contributed by atoms with van der Waals surface area (Å²) in [5.41, 5.74) is 5.31. The van der Waals surface area contributed by atoms with E-state index in [-0.39, 0.29) is 5.54 Å². The van der Waals surface area contributed by atoms with Crippen LogP contribution in [0.2, 0.25) is 0 Å². The van der Waals surface area contributed by atoms with Crippen LogP contribution in [0.4, 0.5) is 5.82 Å².